The Balaban J connectivity index is 1.74. The summed E-state index contributed by atoms with van der Waals surface area (Å²) >= 11 is 0. The van der Waals surface area contributed by atoms with E-state index < -0.39 is 5.91 Å². The van der Waals surface area contributed by atoms with Gasteiger partial charge in [-0.25, -0.2) is 0 Å². The van der Waals surface area contributed by atoms with Crippen molar-refractivity contribution in [2.24, 2.45) is 0 Å². The normalized spacial score (nSPS) is 11.0. The van der Waals surface area contributed by atoms with Crippen LogP contribution >= 0.6 is 0 Å². The number of carbonyl (C=O) groups is 2. The smallest absolute Gasteiger partial charge is 0.276 e. The molecule has 0 radical (unpaired) electrons. The monoisotopic (exact) mass is 417 g/mol. The van der Waals surface area contributed by atoms with Gasteiger partial charge in [0, 0.05) is 19.7 Å². The van der Waals surface area contributed by atoms with E-state index in [1.54, 1.807) is 53.4 Å². The lowest BCUT2D eigenvalue weighted by Crippen LogP contribution is -2.19. The van der Waals surface area contributed by atoms with Crippen LogP contribution in [0, 0.1) is 0 Å². The highest BCUT2D eigenvalue weighted by Gasteiger charge is 2.16. The van der Waals surface area contributed by atoms with Crippen molar-refractivity contribution in [1.82, 2.24) is 10.2 Å². The van der Waals surface area contributed by atoms with Crippen LogP contribution in [0.5, 0.6) is 0 Å². The third-order valence-corrected chi connectivity index (χ3v) is 4.78. The lowest BCUT2D eigenvalue weighted by Gasteiger charge is -2.19. The quantitative estimate of drug-likeness (QED) is 0.645. The van der Waals surface area contributed by atoms with Crippen molar-refractivity contribution < 1.29 is 9.59 Å². The van der Waals surface area contributed by atoms with Crippen LogP contribution in [0.4, 0.5) is 17.2 Å². The maximum absolute atomic E-state index is 12.7. The summed E-state index contributed by atoms with van der Waals surface area (Å²) in [4.78, 5) is 27.1. The van der Waals surface area contributed by atoms with Crippen molar-refractivity contribution in [3.8, 4) is 0 Å². The Morgan fingerprint density at radius 2 is 1.35 bits per heavy atom. The Kier molecular flexibility index (Phi) is 6.34. The highest BCUT2D eigenvalue weighted by molar-refractivity contribution is 6.09. The Labute approximate surface area is 182 Å². The van der Waals surface area contributed by atoms with E-state index in [1.165, 1.54) is 0 Å². The number of carbonyl (C=O) groups excluding carboxylic acids is 2. The zero-order valence-electron chi connectivity index (χ0n) is 18.4. The number of amides is 2. The van der Waals surface area contributed by atoms with Crippen LogP contribution in [0.25, 0.3) is 0 Å². The summed E-state index contributed by atoms with van der Waals surface area (Å²) in [6.07, 6.45) is 0. The molecule has 31 heavy (non-hydrogen) atoms. The molecule has 160 valence electrons. The fourth-order valence-electron chi connectivity index (χ4n) is 2.89. The molecule has 1 aromatic heterocycles. The van der Waals surface area contributed by atoms with Gasteiger partial charge in [0.2, 0.25) is 0 Å². The van der Waals surface area contributed by atoms with E-state index >= 15 is 0 Å². The van der Waals surface area contributed by atoms with Crippen LogP contribution in [0.1, 0.15) is 47.2 Å². The second-order valence-corrected chi connectivity index (χ2v) is 8.45. The molecule has 1 heterocycles. The SMILES string of the molecule is CN(C)c1ccc(C(=O)Nc2ccccc2NC(=O)c2ccc(C(C)(C)C)cc2)nn1. The number of para-hydroxylation sites is 2. The van der Waals surface area contributed by atoms with Gasteiger partial charge < -0.3 is 15.5 Å². The van der Waals surface area contributed by atoms with Crippen molar-refractivity contribution >= 4 is 29.0 Å². The predicted molar refractivity (Wildman–Crippen MR) is 124 cm³/mol. The summed E-state index contributed by atoms with van der Waals surface area (Å²) in [6.45, 7) is 6.37. The summed E-state index contributed by atoms with van der Waals surface area (Å²) in [7, 11) is 3.69. The number of benzene rings is 2. The number of nitrogens with zero attached hydrogens (tertiary/aromatic N) is 3. The molecule has 7 heteroatoms. The average Bonchev–Trinajstić information content (AvgIpc) is 2.74. The van der Waals surface area contributed by atoms with Crippen LogP contribution in [-0.2, 0) is 5.41 Å². The van der Waals surface area contributed by atoms with E-state index in [-0.39, 0.29) is 17.0 Å². The predicted octanol–water partition coefficient (Wildman–Crippen LogP) is 4.34. The molecule has 2 aromatic carbocycles. The largest absolute Gasteiger partial charge is 0.361 e. The third kappa shape index (κ3) is 5.45. The zero-order valence-corrected chi connectivity index (χ0v) is 18.4. The lowest BCUT2D eigenvalue weighted by molar-refractivity contribution is 0.101. The van der Waals surface area contributed by atoms with Crippen molar-refractivity contribution in [3.63, 3.8) is 0 Å². The second kappa shape index (κ2) is 8.95. The minimum absolute atomic E-state index is 0.0134. The van der Waals surface area contributed by atoms with E-state index in [2.05, 4.69) is 41.6 Å². The molecule has 0 saturated carbocycles. The van der Waals surface area contributed by atoms with Gasteiger partial charge in [0.05, 0.1) is 11.4 Å². The first kappa shape index (κ1) is 22.0. The maximum atomic E-state index is 12.7. The lowest BCUT2D eigenvalue weighted by atomic mass is 9.87. The first-order valence-electron chi connectivity index (χ1n) is 9.98. The fourth-order valence-corrected chi connectivity index (χ4v) is 2.89. The molecular formula is C24H27N5O2. The first-order chi connectivity index (χ1) is 14.6. The van der Waals surface area contributed by atoms with Gasteiger partial charge in [-0.2, -0.15) is 0 Å². The van der Waals surface area contributed by atoms with Gasteiger partial charge >= 0.3 is 0 Å². The maximum Gasteiger partial charge on any atom is 0.276 e. The van der Waals surface area contributed by atoms with Crippen molar-refractivity contribution in [1.29, 1.82) is 0 Å². The van der Waals surface area contributed by atoms with Crippen LogP contribution in [-0.4, -0.2) is 36.1 Å². The highest BCUT2D eigenvalue weighted by Crippen LogP contribution is 2.24. The summed E-state index contributed by atoms with van der Waals surface area (Å²) in [5.74, 6) is -0.00647. The molecule has 0 atom stereocenters. The summed E-state index contributed by atoms with van der Waals surface area (Å²) in [5.41, 5.74) is 2.87. The minimum Gasteiger partial charge on any atom is -0.361 e. The summed E-state index contributed by atoms with van der Waals surface area (Å²) < 4.78 is 0. The molecule has 0 fully saturated rings. The number of hydrogen-bond acceptors (Lipinski definition) is 5. The Morgan fingerprint density at radius 1 is 0.774 bits per heavy atom. The van der Waals surface area contributed by atoms with E-state index in [1.807, 2.05) is 26.2 Å². The van der Waals surface area contributed by atoms with E-state index in [9.17, 15) is 9.59 Å². The molecule has 3 aromatic rings. The number of nitrogens with one attached hydrogen (secondary N) is 2. The van der Waals surface area contributed by atoms with Gasteiger partial charge in [-0.3, -0.25) is 9.59 Å². The van der Waals surface area contributed by atoms with Crippen LogP contribution in [0.3, 0.4) is 0 Å². The van der Waals surface area contributed by atoms with E-state index in [0.29, 0.717) is 22.8 Å². The Bertz CT molecular complexity index is 1070. The number of rotatable bonds is 5. The molecule has 0 aliphatic carbocycles. The molecule has 2 amide bonds. The number of anilines is 3. The van der Waals surface area contributed by atoms with Gasteiger partial charge in [0.1, 0.15) is 0 Å². The first-order valence-corrected chi connectivity index (χ1v) is 9.98. The van der Waals surface area contributed by atoms with Crippen LogP contribution in [0.15, 0.2) is 60.7 Å². The number of hydrogen-bond donors (Lipinski definition) is 2. The summed E-state index contributed by atoms with van der Waals surface area (Å²) in [5, 5.41) is 13.7. The average molecular weight is 418 g/mol. The standard InChI is InChI=1S/C24H27N5O2/c1-24(2,3)17-12-10-16(11-13-17)22(30)25-18-8-6-7-9-19(18)26-23(31)20-14-15-21(28-27-20)29(4)5/h6-15H,1-5H3,(H,25,30)(H,26,31). The van der Waals surface area contributed by atoms with Crippen molar-refractivity contribution in [3.05, 3.63) is 77.5 Å². The molecule has 0 aliphatic heterocycles. The second-order valence-electron chi connectivity index (χ2n) is 8.45. The van der Waals surface area contributed by atoms with Gasteiger partial charge in [0.15, 0.2) is 11.5 Å². The van der Waals surface area contributed by atoms with E-state index in [0.717, 1.165) is 5.56 Å². The minimum atomic E-state index is -0.408. The molecule has 3 rings (SSSR count). The fraction of sp³-hybridized carbons (Fsp3) is 0.250. The molecule has 2 N–H and O–H groups in total. The third-order valence-electron chi connectivity index (χ3n) is 4.78. The molecular weight excluding hydrogens is 390 g/mol. The number of aromatic nitrogens is 2. The zero-order chi connectivity index (χ0) is 22.6. The molecule has 0 bridgehead atoms. The van der Waals surface area contributed by atoms with Crippen molar-refractivity contribution in [2.45, 2.75) is 26.2 Å². The highest BCUT2D eigenvalue weighted by atomic mass is 16.2. The Morgan fingerprint density at radius 3 is 1.84 bits per heavy atom. The van der Waals surface area contributed by atoms with Crippen LogP contribution < -0.4 is 15.5 Å². The molecule has 0 aliphatic rings. The molecule has 0 saturated heterocycles. The molecule has 7 nitrogen and oxygen atoms in total. The van der Waals surface area contributed by atoms with Gasteiger partial charge in [-0.05, 0) is 47.4 Å². The Hall–Kier alpha value is -3.74. The van der Waals surface area contributed by atoms with Gasteiger partial charge in [-0.15, -0.1) is 10.2 Å². The summed E-state index contributed by atoms with van der Waals surface area (Å²) in [6, 6.07) is 17.9. The van der Waals surface area contributed by atoms with E-state index in [4.69, 9.17) is 0 Å². The molecule has 0 spiro atoms. The van der Waals surface area contributed by atoms with Crippen molar-refractivity contribution in [2.75, 3.05) is 29.6 Å². The topological polar surface area (TPSA) is 87.2 Å². The van der Waals surface area contributed by atoms with Gasteiger partial charge in [0.25, 0.3) is 11.8 Å². The molecule has 0 unspecified atom stereocenters. The van der Waals surface area contributed by atoms with Crippen LogP contribution in [0.2, 0.25) is 0 Å². The van der Waals surface area contributed by atoms with Gasteiger partial charge in [-0.1, -0.05) is 45.0 Å².